The summed E-state index contributed by atoms with van der Waals surface area (Å²) in [4.78, 5) is 24.8. The van der Waals surface area contributed by atoms with Crippen LogP contribution in [0.15, 0.2) is 24.3 Å². The molecule has 5 nitrogen and oxygen atoms in total. The maximum Gasteiger partial charge on any atom is 0.348 e. The van der Waals surface area contributed by atoms with Crippen molar-refractivity contribution in [2.24, 2.45) is 0 Å². The molecule has 25 heavy (non-hydrogen) atoms. The summed E-state index contributed by atoms with van der Waals surface area (Å²) in [5.74, 6) is -0.888. The number of carbonyl (C=O) groups is 2. The first kappa shape index (κ1) is 19.3. The molecule has 0 aliphatic carbocycles. The lowest BCUT2D eigenvalue weighted by Crippen LogP contribution is -2.10. The molecule has 0 spiro atoms. The van der Waals surface area contributed by atoms with Crippen molar-refractivity contribution in [3.63, 3.8) is 0 Å². The summed E-state index contributed by atoms with van der Waals surface area (Å²) in [6.07, 6.45) is 0. The minimum absolute atomic E-state index is 0.263. The van der Waals surface area contributed by atoms with Crippen molar-refractivity contribution in [2.75, 3.05) is 18.5 Å². The minimum Gasteiger partial charge on any atom is -0.462 e. The van der Waals surface area contributed by atoms with Gasteiger partial charge >= 0.3 is 11.9 Å². The van der Waals surface area contributed by atoms with Gasteiger partial charge in [-0.3, -0.25) is 0 Å². The van der Waals surface area contributed by atoms with Gasteiger partial charge in [-0.15, -0.1) is 11.3 Å². The predicted octanol–water partition coefficient (Wildman–Crippen LogP) is 4.68. The van der Waals surface area contributed by atoms with Crippen molar-refractivity contribution in [3.8, 4) is 0 Å². The molecule has 0 radical (unpaired) electrons. The Labute approximate surface area is 155 Å². The molecule has 1 N–H and O–H groups in total. The van der Waals surface area contributed by atoms with Gasteiger partial charge < -0.3 is 14.8 Å². The molecule has 0 aliphatic rings. The summed E-state index contributed by atoms with van der Waals surface area (Å²) < 4.78 is 10.2. The van der Waals surface area contributed by atoms with Crippen molar-refractivity contribution in [2.45, 2.75) is 27.3 Å². The lowest BCUT2D eigenvalue weighted by atomic mass is 10.1. The van der Waals surface area contributed by atoms with E-state index in [9.17, 15) is 9.59 Å². The number of benzene rings is 1. The van der Waals surface area contributed by atoms with E-state index >= 15 is 0 Å². The number of esters is 2. The van der Waals surface area contributed by atoms with Gasteiger partial charge in [0.2, 0.25) is 0 Å². The van der Waals surface area contributed by atoms with Gasteiger partial charge in [-0.2, -0.15) is 0 Å². The first-order valence-corrected chi connectivity index (χ1v) is 9.13. The fourth-order valence-corrected chi connectivity index (χ4v) is 3.47. The number of ether oxygens (including phenoxy) is 2. The van der Waals surface area contributed by atoms with E-state index in [1.807, 2.05) is 12.1 Å². The number of carbonyl (C=O) groups excluding carboxylic acids is 2. The molecule has 0 aliphatic heterocycles. The van der Waals surface area contributed by atoms with Crippen LogP contribution in [-0.4, -0.2) is 25.2 Å². The minimum atomic E-state index is -0.453. The molecule has 0 saturated carbocycles. The van der Waals surface area contributed by atoms with Crippen molar-refractivity contribution in [1.82, 2.24) is 0 Å². The Hall–Kier alpha value is -2.05. The SMILES string of the molecule is CCOC(=O)c1sc(NCc2ccc(Cl)cc2)c(C(=O)OCC)c1C. The van der Waals surface area contributed by atoms with Gasteiger partial charge in [0.25, 0.3) is 0 Å². The summed E-state index contributed by atoms with van der Waals surface area (Å²) in [6, 6.07) is 7.39. The third-order valence-electron chi connectivity index (χ3n) is 3.45. The van der Waals surface area contributed by atoms with E-state index in [2.05, 4.69) is 5.32 Å². The van der Waals surface area contributed by atoms with Crippen molar-refractivity contribution in [3.05, 3.63) is 50.9 Å². The maximum absolute atomic E-state index is 12.3. The monoisotopic (exact) mass is 381 g/mol. The molecule has 0 bridgehead atoms. The number of anilines is 1. The largest absolute Gasteiger partial charge is 0.462 e. The van der Waals surface area contributed by atoms with Gasteiger partial charge in [0.1, 0.15) is 9.88 Å². The summed E-state index contributed by atoms with van der Waals surface area (Å²) in [5.41, 5.74) is 1.95. The highest BCUT2D eigenvalue weighted by Crippen LogP contribution is 2.34. The van der Waals surface area contributed by atoms with E-state index < -0.39 is 11.9 Å². The van der Waals surface area contributed by atoms with Crippen LogP contribution >= 0.6 is 22.9 Å². The quantitative estimate of drug-likeness (QED) is 0.705. The second-order valence-electron chi connectivity index (χ2n) is 5.18. The Morgan fingerprint density at radius 3 is 2.28 bits per heavy atom. The molecular formula is C18H20ClNO4S. The molecule has 2 aromatic rings. The van der Waals surface area contributed by atoms with Crippen LogP contribution in [0.2, 0.25) is 5.02 Å². The second kappa shape index (κ2) is 8.87. The molecule has 0 saturated heterocycles. The van der Waals surface area contributed by atoms with Crippen molar-refractivity contribution < 1.29 is 19.1 Å². The highest BCUT2D eigenvalue weighted by Gasteiger charge is 2.26. The first-order valence-electron chi connectivity index (χ1n) is 7.93. The van der Waals surface area contributed by atoms with Crippen LogP contribution in [-0.2, 0) is 16.0 Å². The molecule has 0 amide bonds. The van der Waals surface area contributed by atoms with E-state index in [0.29, 0.717) is 32.6 Å². The third-order valence-corrected chi connectivity index (χ3v) is 4.94. The van der Waals surface area contributed by atoms with Gasteiger partial charge in [0.05, 0.1) is 18.8 Å². The van der Waals surface area contributed by atoms with Crippen LogP contribution in [0.25, 0.3) is 0 Å². The smallest absolute Gasteiger partial charge is 0.348 e. The maximum atomic E-state index is 12.3. The zero-order chi connectivity index (χ0) is 18.4. The van der Waals surface area contributed by atoms with E-state index in [-0.39, 0.29) is 13.2 Å². The van der Waals surface area contributed by atoms with Gasteiger partial charge in [-0.05, 0) is 44.0 Å². The lowest BCUT2D eigenvalue weighted by Gasteiger charge is -2.08. The number of nitrogens with one attached hydrogen (secondary N) is 1. The molecule has 0 atom stereocenters. The van der Waals surface area contributed by atoms with Crippen LogP contribution < -0.4 is 5.32 Å². The summed E-state index contributed by atoms with van der Waals surface area (Å²) >= 11 is 7.09. The number of hydrogen-bond donors (Lipinski definition) is 1. The molecule has 134 valence electrons. The molecule has 1 heterocycles. The fraction of sp³-hybridized carbons (Fsp3) is 0.333. The Balaban J connectivity index is 2.30. The number of halogens is 1. The topological polar surface area (TPSA) is 64.6 Å². The average molecular weight is 382 g/mol. The van der Waals surface area contributed by atoms with Crippen LogP contribution in [0, 0.1) is 6.92 Å². The molecule has 2 rings (SSSR count). The van der Waals surface area contributed by atoms with Gasteiger partial charge in [0.15, 0.2) is 0 Å². The highest BCUT2D eigenvalue weighted by atomic mass is 35.5. The van der Waals surface area contributed by atoms with Gasteiger partial charge in [-0.1, -0.05) is 23.7 Å². The van der Waals surface area contributed by atoms with E-state index in [0.717, 1.165) is 5.56 Å². The zero-order valence-corrected chi connectivity index (χ0v) is 15.9. The van der Waals surface area contributed by atoms with Gasteiger partial charge in [0, 0.05) is 11.6 Å². The normalized spacial score (nSPS) is 10.4. The molecule has 0 unspecified atom stereocenters. The zero-order valence-electron chi connectivity index (χ0n) is 14.3. The van der Waals surface area contributed by atoms with E-state index in [4.69, 9.17) is 21.1 Å². The standard InChI is InChI=1S/C18H20ClNO4S/c1-4-23-17(21)14-11(3)15(18(22)24-5-2)25-16(14)20-10-12-6-8-13(19)9-7-12/h6-9,20H,4-5,10H2,1-3H3. The predicted molar refractivity (Wildman–Crippen MR) is 99.7 cm³/mol. The first-order chi connectivity index (χ1) is 12.0. The Morgan fingerprint density at radius 2 is 1.68 bits per heavy atom. The van der Waals surface area contributed by atoms with E-state index in [1.54, 1.807) is 32.9 Å². The Morgan fingerprint density at radius 1 is 1.08 bits per heavy atom. The number of thiophene rings is 1. The van der Waals surface area contributed by atoms with Crippen LogP contribution in [0.5, 0.6) is 0 Å². The molecular weight excluding hydrogens is 362 g/mol. The Bertz CT molecular complexity index is 755. The molecule has 0 fully saturated rings. The van der Waals surface area contributed by atoms with Crippen molar-refractivity contribution in [1.29, 1.82) is 0 Å². The van der Waals surface area contributed by atoms with Crippen LogP contribution in [0.1, 0.15) is 45.0 Å². The average Bonchev–Trinajstić information content (AvgIpc) is 2.91. The van der Waals surface area contributed by atoms with Crippen LogP contribution in [0.3, 0.4) is 0 Å². The molecule has 7 heteroatoms. The molecule has 1 aromatic carbocycles. The highest BCUT2D eigenvalue weighted by molar-refractivity contribution is 7.18. The lowest BCUT2D eigenvalue weighted by molar-refractivity contribution is 0.0527. The second-order valence-corrected chi connectivity index (χ2v) is 6.64. The Kier molecular flexibility index (Phi) is 6.84. The summed E-state index contributed by atoms with van der Waals surface area (Å²) in [6.45, 7) is 6.24. The molecule has 1 aromatic heterocycles. The number of hydrogen-bond acceptors (Lipinski definition) is 6. The number of rotatable bonds is 7. The summed E-state index contributed by atoms with van der Waals surface area (Å²) in [7, 11) is 0. The van der Waals surface area contributed by atoms with Gasteiger partial charge in [-0.25, -0.2) is 9.59 Å². The summed E-state index contributed by atoms with van der Waals surface area (Å²) in [5, 5.41) is 4.46. The van der Waals surface area contributed by atoms with Crippen LogP contribution in [0.4, 0.5) is 5.00 Å². The third kappa shape index (κ3) is 4.74. The van der Waals surface area contributed by atoms with E-state index in [1.165, 1.54) is 11.3 Å². The fourth-order valence-electron chi connectivity index (χ4n) is 2.26. The van der Waals surface area contributed by atoms with Crippen molar-refractivity contribution >= 4 is 39.9 Å².